The van der Waals surface area contributed by atoms with E-state index in [4.69, 9.17) is 11.6 Å². The number of rotatable bonds is 7. The van der Waals surface area contributed by atoms with E-state index in [1.54, 1.807) is 12.1 Å². The fourth-order valence-corrected chi connectivity index (χ4v) is 3.48. The maximum absolute atomic E-state index is 11.5. The van der Waals surface area contributed by atoms with E-state index in [9.17, 15) is 15.0 Å². The number of aromatic hydroxyl groups is 1. The smallest absolute Gasteiger partial charge is 0.248 e. The second-order valence-corrected chi connectivity index (χ2v) is 8.13. The summed E-state index contributed by atoms with van der Waals surface area (Å²) >= 11 is 6.05. The number of phenols is 1. The number of phenolic OH excluding ortho intramolecular Hbond substituents is 1. The third-order valence-corrected chi connectivity index (χ3v) is 5.20. The van der Waals surface area contributed by atoms with E-state index in [0.29, 0.717) is 23.0 Å². The van der Waals surface area contributed by atoms with Gasteiger partial charge in [0.1, 0.15) is 5.75 Å². The molecule has 3 aromatic rings. The molecule has 0 saturated heterocycles. The lowest BCUT2D eigenvalue weighted by atomic mass is 9.94. The van der Waals surface area contributed by atoms with Crippen LogP contribution in [-0.2, 0) is 6.42 Å². The maximum Gasteiger partial charge on any atom is 0.248 e. The Bertz CT molecular complexity index is 1030. The lowest BCUT2D eigenvalue weighted by Crippen LogP contribution is -2.42. The van der Waals surface area contributed by atoms with Gasteiger partial charge in [-0.2, -0.15) is 0 Å². The molecule has 0 aliphatic rings. The number of pyridine rings is 1. The van der Waals surface area contributed by atoms with Crippen LogP contribution in [0.25, 0.3) is 10.9 Å². The van der Waals surface area contributed by atoms with Gasteiger partial charge in [0.05, 0.1) is 11.6 Å². The topological polar surface area (TPSA) is 85.3 Å². The number of H-pyrrole nitrogens is 1. The monoisotopic (exact) mass is 400 g/mol. The molecule has 3 rings (SSSR count). The third kappa shape index (κ3) is 4.93. The van der Waals surface area contributed by atoms with Gasteiger partial charge in [0.25, 0.3) is 0 Å². The predicted octanol–water partition coefficient (Wildman–Crippen LogP) is 3.92. The minimum Gasteiger partial charge on any atom is -0.506 e. The summed E-state index contributed by atoms with van der Waals surface area (Å²) in [5.41, 5.74) is 1.68. The molecular weight excluding hydrogens is 376 g/mol. The Balaban J connectivity index is 1.67. The van der Waals surface area contributed by atoms with Crippen LogP contribution in [0, 0.1) is 0 Å². The zero-order valence-corrected chi connectivity index (χ0v) is 16.8. The molecule has 0 fully saturated rings. The number of nitrogens with one attached hydrogen (secondary N) is 2. The number of fused-ring (bicyclic) bond motifs is 1. The first-order chi connectivity index (χ1) is 13.2. The summed E-state index contributed by atoms with van der Waals surface area (Å²) in [6.45, 7) is 4.54. The van der Waals surface area contributed by atoms with Crippen LogP contribution >= 0.6 is 11.6 Å². The number of aryl methyl sites for hydroxylation is 1. The predicted molar refractivity (Wildman–Crippen MR) is 113 cm³/mol. The van der Waals surface area contributed by atoms with Gasteiger partial charge in [0.2, 0.25) is 5.56 Å². The molecular formula is C22H25ClN2O3. The van der Waals surface area contributed by atoms with Crippen LogP contribution in [0.5, 0.6) is 5.75 Å². The Kier molecular flexibility index (Phi) is 6.08. The normalized spacial score (nSPS) is 13.0. The molecule has 0 aliphatic carbocycles. The number of benzene rings is 2. The Morgan fingerprint density at radius 3 is 2.71 bits per heavy atom. The Hall–Kier alpha value is -2.34. The molecule has 1 aromatic heterocycles. The van der Waals surface area contributed by atoms with Crippen LogP contribution in [0.4, 0.5) is 0 Å². The van der Waals surface area contributed by atoms with Crippen LogP contribution in [0.2, 0.25) is 5.02 Å². The van der Waals surface area contributed by atoms with Crippen LogP contribution in [0.15, 0.2) is 53.3 Å². The molecule has 6 heteroatoms. The fourth-order valence-electron chi connectivity index (χ4n) is 3.27. The number of aromatic nitrogens is 1. The van der Waals surface area contributed by atoms with Crippen molar-refractivity contribution in [3.05, 3.63) is 75.0 Å². The molecule has 2 aromatic carbocycles. The van der Waals surface area contributed by atoms with Gasteiger partial charge in [-0.3, -0.25) is 4.79 Å². The van der Waals surface area contributed by atoms with Crippen molar-refractivity contribution in [1.29, 1.82) is 0 Å². The van der Waals surface area contributed by atoms with Crippen LogP contribution in [0.3, 0.4) is 0 Å². The van der Waals surface area contributed by atoms with Crippen molar-refractivity contribution in [3.63, 3.8) is 0 Å². The average Bonchev–Trinajstić information content (AvgIpc) is 2.65. The van der Waals surface area contributed by atoms with E-state index in [1.807, 2.05) is 18.2 Å². The highest BCUT2D eigenvalue weighted by Crippen LogP contribution is 2.29. The number of aromatic amines is 1. The van der Waals surface area contributed by atoms with Crippen molar-refractivity contribution >= 4 is 22.5 Å². The molecule has 148 valence electrons. The largest absolute Gasteiger partial charge is 0.506 e. The maximum atomic E-state index is 11.5. The van der Waals surface area contributed by atoms with Crippen molar-refractivity contribution in [2.45, 2.75) is 38.3 Å². The van der Waals surface area contributed by atoms with Crippen molar-refractivity contribution in [3.8, 4) is 5.75 Å². The van der Waals surface area contributed by atoms with Gasteiger partial charge < -0.3 is 20.5 Å². The first-order valence-electron chi connectivity index (χ1n) is 9.28. The summed E-state index contributed by atoms with van der Waals surface area (Å²) in [5, 5.41) is 25.5. The van der Waals surface area contributed by atoms with Crippen LogP contribution in [0.1, 0.15) is 37.5 Å². The molecule has 0 spiro atoms. The van der Waals surface area contributed by atoms with E-state index in [0.717, 1.165) is 17.9 Å². The summed E-state index contributed by atoms with van der Waals surface area (Å²) in [6, 6.07) is 14.0. The average molecular weight is 401 g/mol. The van der Waals surface area contributed by atoms with Crippen LogP contribution < -0.4 is 10.9 Å². The van der Waals surface area contributed by atoms with Crippen LogP contribution in [-0.4, -0.2) is 27.3 Å². The molecule has 5 nitrogen and oxygen atoms in total. The first kappa shape index (κ1) is 20.4. The van der Waals surface area contributed by atoms with Gasteiger partial charge in [0.15, 0.2) is 0 Å². The van der Waals surface area contributed by atoms with Gasteiger partial charge in [-0.25, -0.2) is 0 Å². The quantitative estimate of drug-likeness (QED) is 0.484. The van der Waals surface area contributed by atoms with Crippen molar-refractivity contribution in [2.75, 3.05) is 6.54 Å². The van der Waals surface area contributed by atoms with E-state index < -0.39 is 6.10 Å². The fraction of sp³-hybridized carbons (Fsp3) is 0.318. The van der Waals surface area contributed by atoms with Gasteiger partial charge in [-0.1, -0.05) is 29.8 Å². The Morgan fingerprint density at radius 1 is 1.18 bits per heavy atom. The minimum absolute atomic E-state index is 0.0153. The minimum atomic E-state index is -0.778. The summed E-state index contributed by atoms with van der Waals surface area (Å²) < 4.78 is 0. The molecule has 1 atom stereocenters. The number of hydrogen-bond acceptors (Lipinski definition) is 4. The second kappa shape index (κ2) is 8.35. The lowest BCUT2D eigenvalue weighted by Gasteiger charge is -2.28. The number of β-amino-alcohol motifs (C(OH)–C–C–N with tert-alkyl or cyclic N) is 1. The molecule has 0 saturated carbocycles. The van der Waals surface area contributed by atoms with Crippen molar-refractivity contribution in [2.24, 2.45) is 0 Å². The number of aliphatic hydroxyl groups excluding tert-OH is 1. The molecule has 1 heterocycles. The summed E-state index contributed by atoms with van der Waals surface area (Å²) in [7, 11) is 0. The van der Waals surface area contributed by atoms with Gasteiger partial charge in [-0.05, 0) is 62.1 Å². The van der Waals surface area contributed by atoms with E-state index >= 15 is 0 Å². The number of halogens is 1. The summed E-state index contributed by atoms with van der Waals surface area (Å²) in [4.78, 5) is 14.2. The zero-order valence-electron chi connectivity index (χ0n) is 16.0. The molecule has 4 N–H and O–H groups in total. The SMILES string of the molecule is CC(C)(CCc1cccc(Cl)c1)NC[C@H](O)c1ccc(O)c2[nH]c(=O)ccc12. The Morgan fingerprint density at radius 2 is 1.96 bits per heavy atom. The number of hydrogen-bond donors (Lipinski definition) is 4. The molecule has 0 unspecified atom stereocenters. The Labute approximate surface area is 169 Å². The van der Waals surface area contributed by atoms with E-state index in [1.165, 1.54) is 17.7 Å². The molecule has 0 aliphatic heterocycles. The third-order valence-electron chi connectivity index (χ3n) is 4.97. The first-order valence-corrected chi connectivity index (χ1v) is 9.65. The lowest BCUT2D eigenvalue weighted by molar-refractivity contribution is 0.160. The zero-order chi connectivity index (χ0) is 20.3. The number of aliphatic hydroxyl groups is 1. The standard InChI is InChI=1S/C22H25ClN2O3/c1-22(2,11-10-14-4-3-5-15(23)12-14)24-13-19(27)16-6-8-18(26)21-17(16)7-9-20(28)25-21/h3-9,12,19,24,26-27H,10-11,13H2,1-2H3,(H,25,28)/t19-/m0/s1. The molecule has 28 heavy (non-hydrogen) atoms. The van der Waals surface area contributed by atoms with Gasteiger partial charge in [-0.15, -0.1) is 0 Å². The highest BCUT2D eigenvalue weighted by atomic mass is 35.5. The van der Waals surface area contributed by atoms with E-state index in [-0.39, 0.29) is 16.8 Å². The summed E-state index contributed by atoms with van der Waals surface area (Å²) in [5.74, 6) is -0.0153. The summed E-state index contributed by atoms with van der Waals surface area (Å²) in [6.07, 6.45) is 0.975. The molecule has 0 amide bonds. The highest BCUT2D eigenvalue weighted by Gasteiger charge is 2.20. The van der Waals surface area contributed by atoms with Gasteiger partial charge in [0, 0.05) is 28.6 Å². The van der Waals surface area contributed by atoms with Gasteiger partial charge >= 0.3 is 0 Å². The molecule has 0 bridgehead atoms. The van der Waals surface area contributed by atoms with Crippen molar-refractivity contribution in [1.82, 2.24) is 10.3 Å². The van der Waals surface area contributed by atoms with E-state index in [2.05, 4.69) is 30.2 Å². The highest BCUT2D eigenvalue weighted by molar-refractivity contribution is 6.30. The second-order valence-electron chi connectivity index (χ2n) is 7.70. The molecule has 0 radical (unpaired) electrons. The van der Waals surface area contributed by atoms with Crippen molar-refractivity contribution < 1.29 is 10.2 Å².